The maximum absolute atomic E-state index is 7.60. The van der Waals surface area contributed by atoms with E-state index in [2.05, 4.69) is 84.2 Å². The minimum absolute atomic E-state index is 0.414. The van der Waals surface area contributed by atoms with Gasteiger partial charge in [-0.05, 0) is 58.0 Å². The molecule has 1 aliphatic carbocycles. The Morgan fingerprint density at radius 1 is 0.974 bits per heavy atom. The van der Waals surface area contributed by atoms with Gasteiger partial charge < -0.3 is 9.58 Å². The average Bonchev–Trinajstić information content (AvgIpc) is 3.45. The Balaban J connectivity index is 1.52. The molecule has 0 spiro atoms. The molecule has 3 heteroatoms. The van der Waals surface area contributed by atoms with E-state index in [1.807, 2.05) is 13.8 Å². The van der Waals surface area contributed by atoms with E-state index in [0.717, 1.165) is 30.3 Å². The fourth-order valence-corrected chi connectivity index (χ4v) is 7.19. The van der Waals surface area contributed by atoms with Crippen LogP contribution in [0.4, 0.5) is 0 Å². The Hall–Kier alpha value is -3.90. The van der Waals surface area contributed by atoms with Crippen molar-refractivity contribution in [1.82, 2.24) is 0 Å². The molecule has 0 unspecified atom stereocenters. The van der Waals surface area contributed by atoms with Crippen LogP contribution in [0.15, 0.2) is 60.8 Å². The van der Waals surface area contributed by atoms with Gasteiger partial charge in [0.25, 0.3) is 0 Å². The highest BCUT2D eigenvalue weighted by atomic mass is 16.5. The summed E-state index contributed by atoms with van der Waals surface area (Å²) in [6.45, 7) is 13.9. The fraction of sp³-hybridized carbons (Fsp3) is 0.333. The summed E-state index contributed by atoms with van der Waals surface area (Å²) in [5.74, 6) is 2.74. The smallest absolute Gasteiger partial charge is 0.231 e. The molecule has 4 aromatic carbocycles. The first-order valence-corrected chi connectivity index (χ1v) is 14.3. The van der Waals surface area contributed by atoms with Crippen LogP contribution in [0, 0.1) is 19.4 Å². The molecular weight excluding hydrogens is 476 g/mol. The first-order valence-electron chi connectivity index (χ1n) is 14.3. The van der Waals surface area contributed by atoms with Crippen LogP contribution in [-0.2, 0) is 19.9 Å². The molecule has 0 atom stereocenters. The second kappa shape index (κ2) is 8.82. The molecule has 2 heterocycles. The van der Waals surface area contributed by atoms with E-state index in [9.17, 15) is 0 Å². The summed E-state index contributed by atoms with van der Waals surface area (Å²) in [5, 5.41) is 7.48. The van der Waals surface area contributed by atoms with Crippen LogP contribution in [0.5, 0.6) is 11.5 Å². The van der Waals surface area contributed by atoms with Crippen molar-refractivity contribution in [2.75, 3.05) is 0 Å². The van der Waals surface area contributed by atoms with Crippen molar-refractivity contribution >= 4 is 32.3 Å². The molecule has 1 aliphatic heterocycles. The topological polar surface area (TPSA) is 17.5 Å². The van der Waals surface area contributed by atoms with Gasteiger partial charge in [0.15, 0.2) is 6.20 Å². The van der Waals surface area contributed by atoms with Crippen LogP contribution in [-0.4, -0.2) is 5.54 Å². The lowest BCUT2D eigenvalue weighted by Gasteiger charge is -2.26. The summed E-state index contributed by atoms with van der Waals surface area (Å²) in [4.78, 5) is 3.85. The third-order valence-corrected chi connectivity index (χ3v) is 9.15. The predicted molar refractivity (Wildman–Crippen MR) is 160 cm³/mol. The van der Waals surface area contributed by atoms with Gasteiger partial charge >= 0.3 is 0 Å². The molecule has 0 radical (unpaired) electrons. The highest BCUT2D eigenvalue weighted by molar-refractivity contribution is 6.16. The predicted octanol–water partition coefficient (Wildman–Crippen LogP) is 9.02. The molecule has 0 amide bonds. The SMILES string of the molecule is [C-]#[N+]C(C)(C)Cc1ccc2cc3c4c([n+](C)ccc4c2c1)-c1c(c(CC2CCCC2)c2ccccc2c1C)O3. The molecule has 7 rings (SSSR count). The average molecular weight is 512 g/mol. The molecule has 0 saturated heterocycles. The normalized spacial score (nSPS) is 15.1. The minimum atomic E-state index is -0.414. The number of hydrogen-bond donors (Lipinski definition) is 0. The summed E-state index contributed by atoms with van der Waals surface area (Å²) in [6.07, 6.45) is 9.33. The number of aromatic nitrogens is 1. The van der Waals surface area contributed by atoms with Gasteiger partial charge in [0, 0.05) is 30.9 Å². The number of benzene rings is 4. The van der Waals surface area contributed by atoms with Crippen LogP contribution in [0.25, 0.3) is 48.4 Å². The van der Waals surface area contributed by atoms with Crippen molar-refractivity contribution in [1.29, 1.82) is 0 Å². The van der Waals surface area contributed by atoms with Crippen molar-refractivity contribution in [2.24, 2.45) is 13.0 Å². The molecule has 1 aromatic heterocycles. The first-order chi connectivity index (χ1) is 18.8. The van der Waals surface area contributed by atoms with Crippen LogP contribution in [0.3, 0.4) is 0 Å². The summed E-state index contributed by atoms with van der Waals surface area (Å²) < 4.78 is 9.30. The number of ether oxygens (including phenoxy) is 1. The van der Waals surface area contributed by atoms with E-state index in [1.165, 1.54) is 85.9 Å². The van der Waals surface area contributed by atoms with Crippen molar-refractivity contribution < 1.29 is 9.30 Å². The molecule has 1 saturated carbocycles. The molecule has 1 fully saturated rings. The minimum Gasteiger partial charge on any atom is -0.455 e. The van der Waals surface area contributed by atoms with Crippen molar-refractivity contribution in [3.05, 3.63) is 88.9 Å². The Labute approximate surface area is 230 Å². The van der Waals surface area contributed by atoms with E-state index in [0.29, 0.717) is 0 Å². The Morgan fingerprint density at radius 3 is 2.51 bits per heavy atom. The zero-order valence-corrected chi connectivity index (χ0v) is 23.4. The molecule has 0 N–H and O–H groups in total. The van der Waals surface area contributed by atoms with Crippen molar-refractivity contribution in [3.8, 4) is 22.8 Å². The van der Waals surface area contributed by atoms with Crippen molar-refractivity contribution in [3.63, 3.8) is 0 Å². The molecule has 2 aliphatic rings. The van der Waals surface area contributed by atoms with E-state index < -0.39 is 5.54 Å². The van der Waals surface area contributed by atoms with Gasteiger partial charge in [-0.2, -0.15) is 0 Å². The molecule has 39 heavy (non-hydrogen) atoms. The van der Waals surface area contributed by atoms with Gasteiger partial charge in [-0.25, -0.2) is 11.1 Å². The zero-order valence-electron chi connectivity index (χ0n) is 23.4. The lowest BCUT2D eigenvalue weighted by Crippen LogP contribution is -2.32. The van der Waals surface area contributed by atoms with Gasteiger partial charge in [0.1, 0.15) is 18.5 Å². The molecule has 0 bridgehead atoms. The van der Waals surface area contributed by atoms with E-state index in [4.69, 9.17) is 11.3 Å². The number of aryl methyl sites for hydroxylation is 2. The Bertz CT molecular complexity index is 1850. The first kappa shape index (κ1) is 24.2. The summed E-state index contributed by atoms with van der Waals surface area (Å²) >= 11 is 0. The van der Waals surface area contributed by atoms with Crippen molar-refractivity contribution in [2.45, 2.75) is 64.8 Å². The second-order valence-electron chi connectivity index (χ2n) is 12.4. The van der Waals surface area contributed by atoms with Gasteiger partial charge in [-0.15, -0.1) is 0 Å². The maximum Gasteiger partial charge on any atom is 0.231 e. The largest absolute Gasteiger partial charge is 0.455 e. The zero-order chi connectivity index (χ0) is 26.9. The number of hydrogen-bond acceptors (Lipinski definition) is 1. The third-order valence-electron chi connectivity index (χ3n) is 9.15. The highest BCUT2D eigenvalue weighted by Crippen LogP contribution is 2.52. The van der Waals surface area contributed by atoms with Gasteiger partial charge in [-0.1, -0.05) is 68.1 Å². The van der Waals surface area contributed by atoms with Crippen LogP contribution in [0.2, 0.25) is 0 Å². The van der Waals surface area contributed by atoms with E-state index in [1.54, 1.807) is 0 Å². The van der Waals surface area contributed by atoms with Gasteiger partial charge in [0.2, 0.25) is 11.2 Å². The van der Waals surface area contributed by atoms with E-state index in [-0.39, 0.29) is 0 Å². The maximum atomic E-state index is 7.60. The number of pyridine rings is 1. The van der Waals surface area contributed by atoms with Gasteiger partial charge in [-0.3, -0.25) is 0 Å². The summed E-state index contributed by atoms with van der Waals surface area (Å²) in [5.41, 5.74) is 5.93. The van der Waals surface area contributed by atoms with Crippen LogP contribution >= 0.6 is 0 Å². The highest BCUT2D eigenvalue weighted by Gasteiger charge is 2.34. The third kappa shape index (κ3) is 3.80. The van der Waals surface area contributed by atoms with E-state index >= 15 is 0 Å². The Kier molecular flexibility index (Phi) is 5.46. The number of nitrogens with zero attached hydrogens (tertiary/aromatic N) is 2. The number of rotatable bonds is 4. The molecule has 194 valence electrons. The standard InChI is InChI=1S/C36H35N2O/c1-22-26-12-8-9-13-27(26)30(18-23-10-6-7-11-23)35-32(22)34-33-28(16-17-38(34)5)29-19-24(21-36(2,3)37-4)14-15-25(29)20-31(33)39-35/h8-9,12-17,19-20,23H,6-7,10-11,18,21H2,1-3,5H3/q+1. The fourth-order valence-electron chi connectivity index (χ4n) is 7.19. The lowest BCUT2D eigenvalue weighted by atomic mass is 9.84. The second-order valence-corrected chi connectivity index (χ2v) is 12.4. The quantitative estimate of drug-likeness (QED) is 0.131. The molecular formula is C36H35N2O+. The summed E-state index contributed by atoms with van der Waals surface area (Å²) in [7, 11) is 2.16. The lowest BCUT2D eigenvalue weighted by molar-refractivity contribution is -0.659. The van der Waals surface area contributed by atoms with Crippen LogP contribution < -0.4 is 9.30 Å². The monoisotopic (exact) mass is 511 g/mol. The van der Waals surface area contributed by atoms with Gasteiger partial charge in [0.05, 0.1) is 17.4 Å². The molecule has 5 aromatic rings. The number of fused-ring (bicyclic) bond motifs is 5. The Morgan fingerprint density at radius 2 is 1.74 bits per heavy atom. The summed E-state index contributed by atoms with van der Waals surface area (Å²) in [6, 6.07) is 20.1. The molecule has 3 nitrogen and oxygen atoms in total. The van der Waals surface area contributed by atoms with Crippen LogP contribution in [0.1, 0.15) is 56.2 Å².